The molecule has 8 nitrogen and oxygen atoms in total. The van der Waals surface area contributed by atoms with Gasteiger partial charge in [0.05, 0.1) is 22.7 Å². The third-order valence-electron chi connectivity index (χ3n) is 4.04. The maximum absolute atomic E-state index is 13.3. The molecule has 0 heterocycles. The molecule has 2 aromatic carbocycles. The van der Waals surface area contributed by atoms with Crippen molar-refractivity contribution in [2.45, 2.75) is 6.42 Å². The van der Waals surface area contributed by atoms with Crippen LogP contribution in [0.4, 0.5) is 4.39 Å². The Balaban J connectivity index is 1.67. The maximum Gasteiger partial charge on any atom is 0.339 e. The third-order valence-corrected chi connectivity index (χ3v) is 4.68. The molecule has 2 aromatic rings. The van der Waals surface area contributed by atoms with E-state index < -0.39 is 23.6 Å². The number of ether oxygens (including phenoxy) is 3. The summed E-state index contributed by atoms with van der Waals surface area (Å²) in [5.74, 6) is -1.76. The minimum atomic E-state index is -0.648. The topological polar surface area (TPSA) is 103 Å². The highest BCUT2D eigenvalue weighted by Crippen LogP contribution is 2.23. The number of benzene rings is 2. The highest BCUT2D eigenvalue weighted by Gasteiger charge is 2.13. The van der Waals surface area contributed by atoms with Gasteiger partial charge in [-0.2, -0.15) is 0 Å². The van der Waals surface area contributed by atoms with E-state index in [1.165, 1.54) is 37.4 Å². The Morgan fingerprint density at radius 3 is 2.21 bits per heavy atom. The van der Waals surface area contributed by atoms with Gasteiger partial charge in [0.1, 0.15) is 17.3 Å². The van der Waals surface area contributed by atoms with Crippen molar-refractivity contribution in [2.75, 3.05) is 26.9 Å². The fourth-order valence-electron chi connectivity index (χ4n) is 2.42. The number of amides is 2. The number of esters is 1. The second-order valence-electron chi connectivity index (χ2n) is 6.54. The van der Waals surface area contributed by atoms with Gasteiger partial charge in [0.2, 0.25) is 0 Å². The average Bonchev–Trinajstić information content (AvgIpc) is 2.78. The number of methoxy groups -OCH3 is 1. The van der Waals surface area contributed by atoms with Gasteiger partial charge in [-0.1, -0.05) is 29.8 Å². The van der Waals surface area contributed by atoms with E-state index in [9.17, 15) is 18.8 Å². The van der Waals surface area contributed by atoms with Crippen LogP contribution in [-0.2, 0) is 14.3 Å². The van der Waals surface area contributed by atoms with E-state index in [4.69, 9.17) is 32.7 Å². The van der Waals surface area contributed by atoms with E-state index in [-0.39, 0.29) is 53.3 Å². The predicted octanol–water partition coefficient (Wildman–Crippen LogP) is 3.51. The number of halogens is 3. The molecule has 0 saturated heterocycles. The van der Waals surface area contributed by atoms with Crippen molar-refractivity contribution in [3.8, 4) is 11.5 Å². The standard InChI is InChI=1S/C22H21Cl2FN2O6/c1-13(7-8-26-20(28)11-32-15-4-6-18(24)19(25)10-15)27-21(29)12-33-14-3-5-17(23)16(9-14)22(30)31-2/h3-6,9-10H,1,7-8,11-12H2,2H3,(H,26,28)(H,27,29). The first-order chi connectivity index (χ1) is 15.7. The van der Waals surface area contributed by atoms with Crippen molar-refractivity contribution in [1.82, 2.24) is 10.6 Å². The van der Waals surface area contributed by atoms with E-state index in [0.29, 0.717) is 5.70 Å². The zero-order chi connectivity index (χ0) is 24.4. The van der Waals surface area contributed by atoms with Crippen molar-refractivity contribution in [2.24, 2.45) is 0 Å². The summed E-state index contributed by atoms with van der Waals surface area (Å²) in [4.78, 5) is 35.5. The molecule has 2 amide bonds. The Labute approximate surface area is 199 Å². The van der Waals surface area contributed by atoms with E-state index in [2.05, 4.69) is 21.9 Å². The summed E-state index contributed by atoms with van der Waals surface area (Å²) in [6.45, 7) is 3.26. The summed E-state index contributed by atoms with van der Waals surface area (Å²) in [6, 6.07) is 8.17. The fraction of sp³-hybridized carbons (Fsp3) is 0.227. The van der Waals surface area contributed by atoms with Crippen molar-refractivity contribution < 1.29 is 33.0 Å². The second-order valence-corrected chi connectivity index (χ2v) is 7.35. The summed E-state index contributed by atoms with van der Waals surface area (Å²) in [5.41, 5.74) is 0.471. The molecular formula is C22H21Cl2FN2O6. The molecule has 0 spiro atoms. The molecule has 33 heavy (non-hydrogen) atoms. The van der Waals surface area contributed by atoms with E-state index in [1.807, 2.05) is 0 Å². The van der Waals surface area contributed by atoms with Crippen molar-refractivity contribution in [3.05, 3.63) is 70.1 Å². The minimum Gasteiger partial charge on any atom is -0.484 e. The number of hydrogen-bond donors (Lipinski definition) is 2. The summed E-state index contributed by atoms with van der Waals surface area (Å²) in [6.07, 6.45) is 0.264. The van der Waals surface area contributed by atoms with Gasteiger partial charge < -0.3 is 24.8 Å². The van der Waals surface area contributed by atoms with Gasteiger partial charge in [0.15, 0.2) is 13.2 Å². The SMILES string of the molecule is C=C(CCNC(=O)COc1ccc(Cl)c(F)c1)NC(=O)COc1ccc(Cl)c(C(=O)OC)c1. The van der Waals surface area contributed by atoms with Crippen molar-refractivity contribution in [3.63, 3.8) is 0 Å². The molecule has 0 aromatic heterocycles. The predicted molar refractivity (Wildman–Crippen MR) is 120 cm³/mol. The number of nitrogens with one attached hydrogen (secondary N) is 2. The van der Waals surface area contributed by atoms with Crippen LogP contribution in [0.15, 0.2) is 48.7 Å². The number of carbonyl (C=O) groups excluding carboxylic acids is 3. The number of rotatable bonds is 11. The van der Waals surface area contributed by atoms with E-state index >= 15 is 0 Å². The van der Waals surface area contributed by atoms with Gasteiger partial charge in [-0.05, 0) is 30.3 Å². The molecule has 0 aliphatic heterocycles. The van der Waals surface area contributed by atoms with E-state index in [1.54, 1.807) is 0 Å². The molecule has 0 radical (unpaired) electrons. The van der Waals surface area contributed by atoms with Crippen LogP contribution in [0, 0.1) is 5.82 Å². The molecular weight excluding hydrogens is 478 g/mol. The molecule has 11 heteroatoms. The van der Waals surface area contributed by atoms with Crippen LogP contribution in [0.1, 0.15) is 16.8 Å². The molecule has 2 rings (SSSR count). The molecule has 0 saturated carbocycles. The summed E-state index contributed by atoms with van der Waals surface area (Å²) in [7, 11) is 1.22. The van der Waals surface area contributed by atoms with Crippen molar-refractivity contribution in [1.29, 1.82) is 0 Å². The van der Waals surface area contributed by atoms with Gasteiger partial charge in [-0.3, -0.25) is 9.59 Å². The van der Waals surface area contributed by atoms with Gasteiger partial charge in [-0.25, -0.2) is 9.18 Å². The van der Waals surface area contributed by atoms with Gasteiger partial charge >= 0.3 is 5.97 Å². The average molecular weight is 499 g/mol. The van der Waals surface area contributed by atoms with Crippen LogP contribution in [-0.4, -0.2) is 44.7 Å². The summed E-state index contributed by atoms with van der Waals surface area (Å²) in [5, 5.41) is 5.28. The van der Waals surface area contributed by atoms with Crippen LogP contribution in [0.2, 0.25) is 10.0 Å². The van der Waals surface area contributed by atoms with Crippen LogP contribution in [0.5, 0.6) is 11.5 Å². The molecule has 176 valence electrons. The Bertz CT molecular complexity index is 1050. The summed E-state index contributed by atoms with van der Waals surface area (Å²) >= 11 is 11.5. The third kappa shape index (κ3) is 8.63. The molecule has 0 unspecified atom stereocenters. The zero-order valence-corrected chi connectivity index (χ0v) is 19.1. The maximum atomic E-state index is 13.3. The Kier molecular flexibility index (Phi) is 9.96. The second kappa shape index (κ2) is 12.7. The lowest BCUT2D eigenvalue weighted by atomic mass is 10.2. The quantitative estimate of drug-likeness (QED) is 0.459. The fourth-order valence-corrected chi connectivity index (χ4v) is 2.74. The molecule has 0 aliphatic rings. The van der Waals surface area contributed by atoms with Crippen LogP contribution in [0.25, 0.3) is 0 Å². The molecule has 0 bridgehead atoms. The van der Waals surface area contributed by atoms with Gasteiger partial charge in [0, 0.05) is 24.7 Å². The Hall–Kier alpha value is -3.30. The molecule has 0 atom stereocenters. The number of carbonyl (C=O) groups is 3. The first kappa shape index (κ1) is 26.0. The lowest BCUT2D eigenvalue weighted by molar-refractivity contribution is -0.123. The first-order valence-electron chi connectivity index (χ1n) is 9.52. The lowest BCUT2D eigenvalue weighted by Gasteiger charge is -2.11. The van der Waals surface area contributed by atoms with Crippen LogP contribution < -0.4 is 20.1 Å². The molecule has 2 N–H and O–H groups in total. The van der Waals surface area contributed by atoms with Crippen molar-refractivity contribution >= 4 is 41.0 Å². The monoisotopic (exact) mass is 498 g/mol. The normalized spacial score (nSPS) is 10.2. The summed E-state index contributed by atoms with van der Waals surface area (Å²) < 4.78 is 28.5. The van der Waals surface area contributed by atoms with Gasteiger partial charge in [0.25, 0.3) is 11.8 Å². The Morgan fingerprint density at radius 2 is 1.58 bits per heavy atom. The largest absolute Gasteiger partial charge is 0.484 e. The highest BCUT2D eigenvalue weighted by atomic mass is 35.5. The van der Waals surface area contributed by atoms with Gasteiger partial charge in [-0.15, -0.1) is 0 Å². The zero-order valence-electron chi connectivity index (χ0n) is 17.6. The minimum absolute atomic E-state index is 0.0446. The van der Waals surface area contributed by atoms with Crippen LogP contribution in [0.3, 0.4) is 0 Å². The first-order valence-corrected chi connectivity index (χ1v) is 10.3. The lowest BCUT2D eigenvalue weighted by Crippen LogP contribution is -2.32. The molecule has 0 fully saturated rings. The molecule has 0 aliphatic carbocycles. The van der Waals surface area contributed by atoms with Crippen LogP contribution >= 0.6 is 23.2 Å². The smallest absolute Gasteiger partial charge is 0.339 e. The highest BCUT2D eigenvalue weighted by molar-refractivity contribution is 6.33. The Morgan fingerprint density at radius 1 is 0.970 bits per heavy atom. The number of hydrogen-bond acceptors (Lipinski definition) is 6. The van der Waals surface area contributed by atoms with E-state index in [0.717, 1.165) is 6.07 Å².